The molecule has 1 heterocycles. The van der Waals surface area contributed by atoms with Crippen LogP contribution in [-0.2, 0) is 13.2 Å². The second kappa shape index (κ2) is 5.66. The molecule has 2 rings (SSSR count). The van der Waals surface area contributed by atoms with Gasteiger partial charge in [-0.15, -0.1) is 11.3 Å². The highest BCUT2D eigenvalue weighted by molar-refractivity contribution is 7.12. The van der Waals surface area contributed by atoms with Crippen molar-refractivity contribution in [3.05, 3.63) is 51.7 Å². The number of aliphatic hydroxyl groups excluding tert-OH is 1. The van der Waals surface area contributed by atoms with Gasteiger partial charge < -0.3 is 14.9 Å². The first-order valence-corrected chi connectivity index (χ1v) is 6.20. The molecule has 0 aliphatic rings. The molecule has 94 valence electrons. The van der Waals surface area contributed by atoms with Crippen LogP contribution in [0.1, 0.15) is 20.8 Å². The molecule has 2 N–H and O–H groups in total. The van der Waals surface area contributed by atoms with Crippen molar-refractivity contribution in [1.82, 2.24) is 0 Å². The molecule has 4 nitrogen and oxygen atoms in total. The van der Waals surface area contributed by atoms with E-state index in [-0.39, 0.29) is 11.5 Å². The highest BCUT2D eigenvalue weighted by Gasteiger charge is 2.07. The molecule has 1 aromatic carbocycles. The Morgan fingerprint density at radius 3 is 2.44 bits per heavy atom. The molecule has 5 heteroatoms. The van der Waals surface area contributed by atoms with E-state index in [0.29, 0.717) is 12.4 Å². The van der Waals surface area contributed by atoms with Gasteiger partial charge in [0.05, 0.1) is 6.61 Å². The van der Waals surface area contributed by atoms with Gasteiger partial charge in [-0.25, -0.2) is 4.79 Å². The molecule has 0 fully saturated rings. The van der Waals surface area contributed by atoms with Gasteiger partial charge in [0.25, 0.3) is 0 Å². The van der Waals surface area contributed by atoms with Crippen molar-refractivity contribution in [2.24, 2.45) is 0 Å². The van der Waals surface area contributed by atoms with Crippen LogP contribution in [0.5, 0.6) is 5.75 Å². The van der Waals surface area contributed by atoms with Crippen molar-refractivity contribution >= 4 is 17.3 Å². The van der Waals surface area contributed by atoms with Crippen LogP contribution in [-0.4, -0.2) is 16.2 Å². The topological polar surface area (TPSA) is 66.8 Å². The van der Waals surface area contributed by atoms with E-state index in [1.54, 1.807) is 5.38 Å². The average molecular weight is 264 g/mol. The van der Waals surface area contributed by atoms with Crippen molar-refractivity contribution in [2.45, 2.75) is 13.2 Å². The Balaban J connectivity index is 1.95. The van der Waals surface area contributed by atoms with Crippen molar-refractivity contribution in [2.75, 3.05) is 0 Å². The summed E-state index contributed by atoms with van der Waals surface area (Å²) < 4.78 is 5.48. The summed E-state index contributed by atoms with van der Waals surface area (Å²) in [5, 5.41) is 19.4. The first-order valence-electron chi connectivity index (χ1n) is 5.32. The highest BCUT2D eigenvalue weighted by atomic mass is 32.1. The summed E-state index contributed by atoms with van der Waals surface area (Å²) in [6.45, 7) is 0.398. The first-order chi connectivity index (χ1) is 8.69. The highest BCUT2D eigenvalue weighted by Crippen LogP contribution is 2.22. The van der Waals surface area contributed by atoms with E-state index in [1.165, 1.54) is 6.07 Å². The molecule has 1 aromatic heterocycles. The Kier molecular flexibility index (Phi) is 3.96. The van der Waals surface area contributed by atoms with Gasteiger partial charge >= 0.3 is 5.97 Å². The number of carbonyl (C=O) groups is 1. The minimum absolute atomic E-state index is 0.0215. The van der Waals surface area contributed by atoms with Crippen LogP contribution in [0.2, 0.25) is 0 Å². The van der Waals surface area contributed by atoms with E-state index in [9.17, 15) is 4.79 Å². The zero-order valence-electron chi connectivity index (χ0n) is 9.50. The number of carboxylic acid groups (broad SMARTS) is 1. The molecule has 0 atom stereocenters. The molecule has 0 bridgehead atoms. The largest absolute Gasteiger partial charge is 0.488 e. The number of aromatic carboxylic acids is 1. The third-order valence-corrected chi connectivity index (χ3v) is 3.29. The average Bonchev–Trinajstić information content (AvgIpc) is 2.86. The lowest BCUT2D eigenvalue weighted by Gasteiger charge is -2.04. The van der Waals surface area contributed by atoms with Crippen LogP contribution in [0.15, 0.2) is 35.7 Å². The van der Waals surface area contributed by atoms with Gasteiger partial charge in [0, 0.05) is 11.4 Å². The van der Waals surface area contributed by atoms with Crippen LogP contribution in [0, 0.1) is 0 Å². The Labute approximate surface area is 108 Å². The van der Waals surface area contributed by atoms with E-state index in [0.717, 1.165) is 22.5 Å². The van der Waals surface area contributed by atoms with Crippen molar-refractivity contribution < 1.29 is 19.7 Å². The van der Waals surface area contributed by atoms with Crippen molar-refractivity contribution in [3.63, 3.8) is 0 Å². The third kappa shape index (κ3) is 3.09. The van der Waals surface area contributed by atoms with Crippen LogP contribution < -0.4 is 4.74 Å². The molecule has 0 aliphatic heterocycles. The number of benzene rings is 1. The number of ether oxygens (including phenoxy) is 1. The van der Waals surface area contributed by atoms with Gasteiger partial charge in [-0.3, -0.25) is 0 Å². The fraction of sp³-hybridized carbons (Fsp3) is 0.154. The fourth-order valence-corrected chi connectivity index (χ4v) is 2.08. The fourth-order valence-electron chi connectivity index (χ4n) is 1.41. The summed E-state index contributed by atoms with van der Waals surface area (Å²) >= 11 is 1.14. The van der Waals surface area contributed by atoms with Gasteiger partial charge in [0.2, 0.25) is 0 Å². The molecule has 0 aliphatic carbocycles. The summed E-state index contributed by atoms with van der Waals surface area (Å²) in [5.74, 6) is -0.384. The Hall–Kier alpha value is -1.85. The smallest absolute Gasteiger partial charge is 0.346 e. The Morgan fingerprint density at radius 1 is 1.22 bits per heavy atom. The monoisotopic (exact) mass is 264 g/mol. The molecule has 0 amide bonds. The van der Waals surface area contributed by atoms with Crippen LogP contribution in [0.4, 0.5) is 0 Å². The molecule has 0 radical (unpaired) electrons. The molecule has 0 saturated carbocycles. The lowest BCUT2D eigenvalue weighted by Crippen LogP contribution is -1.95. The summed E-state index contributed by atoms with van der Waals surface area (Å²) in [4.78, 5) is 11.0. The SMILES string of the molecule is O=C(O)c1cc(OCc2ccc(CO)cc2)cs1. The maximum absolute atomic E-state index is 10.7. The van der Waals surface area contributed by atoms with Crippen molar-refractivity contribution in [3.8, 4) is 5.75 Å². The Bertz CT molecular complexity index is 530. The maximum atomic E-state index is 10.7. The van der Waals surface area contributed by atoms with Gasteiger partial charge in [-0.2, -0.15) is 0 Å². The summed E-state index contributed by atoms with van der Waals surface area (Å²) in [6, 6.07) is 8.91. The summed E-state index contributed by atoms with van der Waals surface area (Å²) in [6.07, 6.45) is 0. The maximum Gasteiger partial charge on any atom is 0.346 e. The second-order valence-corrected chi connectivity index (χ2v) is 4.63. The number of hydrogen-bond donors (Lipinski definition) is 2. The zero-order chi connectivity index (χ0) is 13.0. The predicted molar refractivity (Wildman–Crippen MR) is 68.0 cm³/mol. The Morgan fingerprint density at radius 2 is 1.89 bits per heavy atom. The number of hydrogen-bond acceptors (Lipinski definition) is 4. The summed E-state index contributed by atoms with van der Waals surface area (Å²) in [7, 11) is 0. The van der Waals surface area contributed by atoms with Gasteiger partial charge in [-0.05, 0) is 11.1 Å². The number of aliphatic hydroxyl groups is 1. The third-order valence-electron chi connectivity index (χ3n) is 2.40. The van der Waals surface area contributed by atoms with Gasteiger partial charge in [0.15, 0.2) is 0 Å². The van der Waals surface area contributed by atoms with E-state index < -0.39 is 5.97 Å². The molecule has 0 spiro atoms. The lowest BCUT2D eigenvalue weighted by molar-refractivity contribution is 0.0702. The van der Waals surface area contributed by atoms with Crippen LogP contribution in [0.25, 0.3) is 0 Å². The zero-order valence-corrected chi connectivity index (χ0v) is 10.3. The number of thiophene rings is 1. The molecular weight excluding hydrogens is 252 g/mol. The molecule has 0 unspecified atom stereocenters. The second-order valence-electron chi connectivity index (χ2n) is 3.72. The molecule has 2 aromatic rings. The minimum Gasteiger partial charge on any atom is -0.488 e. The normalized spacial score (nSPS) is 10.3. The van der Waals surface area contributed by atoms with Crippen LogP contribution in [0.3, 0.4) is 0 Å². The van der Waals surface area contributed by atoms with Gasteiger partial charge in [-0.1, -0.05) is 24.3 Å². The molecule has 18 heavy (non-hydrogen) atoms. The molecular formula is C13H12O4S. The van der Waals surface area contributed by atoms with E-state index in [2.05, 4.69) is 0 Å². The van der Waals surface area contributed by atoms with Crippen LogP contribution >= 0.6 is 11.3 Å². The van der Waals surface area contributed by atoms with Gasteiger partial charge in [0.1, 0.15) is 17.2 Å². The van der Waals surface area contributed by atoms with E-state index in [1.807, 2.05) is 24.3 Å². The van der Waals surface area contributed by atoms with E-state index in [4.69, 9.17) is 14.9 Å². The molecule has 0 saturated heterocycles. The predicted octanol–water partition coefficient (Wildman–Crippen LogP) is 2.52. The minimum atomic E-state index is -0.942. The standard InChI is InChI=1S/C13H12O4S/c14-6-9-1-3-10(4-2-9)7-17-11-5-12(13(15)16)18-8-11/h1-5,8,14H,6-7H2,(H,15,16). The number of carboxylic acids is 1. The first kappa shape index (κ1) is 12.6. The quantitative estimate of drug-likeness (QED) is 0.870. The summed E-state index contributed by atoms with van der Waals surface area (Å²) in [5.41, 5.74) is 1.82. The number of rotatable bonds is 5. The van der Waals surface area contributed by atoms with E-state index >= 15 is 0 Å². The lowest BCUT2D eigenvalue weighted by atomic mass is 10.1. The van der Waals surface area contributed by atoms with Crippen molar-refractivity contribution in [1.29, 1.82) is 0 Å².